The second-order valence-electron chi connectivity index (χ2n) is 8.08. The summed E-state index contributed by atoms with van der Waals surface area (Å²) in [5, 5.41) is 0. The average molecular weight is 491 g/mol. The molecule has 1 aromatic carbocycles. The molecule has 1 aromatic heterocycles. The molecule has 3 heterocycles. The highest BCUT2D eigenvalue weighted by Gasteiger charge is 2.53. The standard InChI is InChI=1S/C21H19F6N3O4/c22-20(23,24)12-33-15-5-13(6-16(7-15)34-21(25,26)27)1-2-17-28-8-14(9-29-17)18(31)30-4-3-19(30)10-32-11-19/h5-9H,1-4,10-12H2. The number of halogens is 6. The summed E-state index contributed by atoms with van der Waals surface area (Å²) in [6.07, 6.45) is -5.80. The van der Waals surface area contributed by atoms with Crippen LogP contribution in [0.5, 0.6) is 11.5 Å². The normalized spacial score (nSPS) is 17.2. The third-order valence-electron chi connectivity index (χ3n) is 5.53. The molecular weight excluding hydrogens is 472 g/mol. The van der Waals surface area contributed by atoms with E-state index in [4.69, 9.17) is 4.74 Å². The number of aromatic nitrogens is 2. The Morgan fingerprint density at radius 2 is 1.71 bits per heavy atom. The number of carbonyl (C=O) groups is 1. The number of rotatable bonds is 7. The van der Waals surface area contributed by atoms with Crippen LogP contribution in [0.25, 0.3) is 0 Å². The van der Waals surface area contributed by atoms with Crippen molar-refractivity contribution in [3.05, 3.63) is 47.5 Å². The minimum absolute atomic E-state index is 0.0945. The Morgan fingerprint density at radius 1 is 1.03 bits per heavy atom. The molecule has 0 radical (unpaired) electrons. The van der Waals surface area contributed by atoms with Crippen molar-refractivity contribution in [1.29, 1.82) is 0 Å². The van der Waals surface area contributed by atoms with Gasteiger partial charge in [0.1, 0.15) is 17.3 Å². The van der Waals surface area contributed by atoms with Crippen LogP contribution in [0.15, 0.2) is 30.6 Å². The topological polar surface area (TPSA) is 73.8 Å². The first-order valence-electron chi connectivity index (χ1n) is 10.2. The van der Waals surface area contributed by atoms with Crippen molar-refractivity contribution < 1.29 is 45.3 Å². The second kappa shape index (κ2) is 8.93. The predicted octanol–water partition coefficient (Wildman–Crippen LogP) is 3.72. The molecule has 0 bridgehead atoms. The van der Waals surface area contributed by atoms with Gasteiger partial charge in [-0.05, 0) is 30.5 Å². The van der Waals surface area contributed by atoms with E-state index in [1.807, 2.05) is 0 Å². The lowest BCUT2D eigenvalue weighted by atomic mass is 9.82. The van der Waals surface area contributed by atoms with Gasteiger partial charge in [-0.1, -0.05) is 0 Å². The number of carbonyl (C=O) groups excluding carboxylic acids is 1. The van der Waals surface area contributed by atoms with E-state index >= 15 is 0 Å². The molecule has 0 saturated carbocycles. The van der Waals surface area contributed by atoms with Crippen LogP contribution in [0.3, 0.4) is 0 Å². The molecule has 2 saturated heterocycles. The van der Waals surface area contributed by atoms with Crippen molar-refractivity contribution in [2.24, 2.45) is 0 Å². The summed E-state index contributed by atoms with van der Waals surface area (Å²) in [7, 11) is 0. The van der Waals surface area contributed by atoms with E-state index in [-0.39, 0.29) is 29.9 Å². The van der Waals surface area contributed by atoms with Gasteiger partial charge in [-0.2, -0.15) is 13.2 Å². The Morgan fingerprint density at radius 3 is 2.24 bits per heavy atom. The molecule has 0 N–H and O–H groups in total. The number of hydrogen-bond acceptors (Lipinski definition) is 6. The lowest BCUT2D eigenvalue weighted by Gasteiger charge is -2.57. The van der Waals surface area contributed by atoms with Crippen LogP contribution in [0, 0.1) is 0 Å². The van der Waals surface area contributed by atoms with E-state index < -0.39 is 30.6 Å². The van der Waals surface area contributed by atoms with Gasteiger partial charge in [0.25, 0.3) is 5.91 Å². The number of benzene rings is 1. The Balaban J connectivity index is 1.41. The maximum Gasteiger partial charge on any atom is 0.573 e. The summed E-state index contributed by atoms with van der Waals surface area (Å²) in [4.78, 5) is 22.6. The Bertz CT molecular complexity index is 1030. The summed E-state index contributed by atoms with van der Waals surface area (Å²) in [6.45, 7) is -0.0308. The van der Waals surface area contributed by atoms with E-state index in [1.54, 1.807) is 4.90 Å². The van der Waals surface area contributed by atoms with Crippen molar-refractivity contribution in [2.45, 2.75) is 37.3 Å². The number of alkyl halides is 6. The average Bonchev–Trinajstić information content (AvgIpc) is 2.67. The fraction of sp³-hybridized carbons (Fsp3) is 0.476. The highest BCUT2D eigenvalue weighted by atomic mass is 19.4. The molecule has 184 valence electrons. The van der Waals surface area contributed by atoms with E-state index in [1.165, 1.54) is 18.5 Å². The first-order chi connectivity index (χ1) is 15.9. The molecule has 1 spiro atoms. The van der Waals surface area contributed by atoms with Crippen LogP contribution in [-0.2, 0) is 17.6 Å². The largest absolute Gasteiger partial charge is 0.573 e. The van der Waals surface area contributed by atoms with E-state index in [0.29, 0.717) is 31.1 Å². The number of ether oxygens (including phenoxy) is 3. The smallest absolute Gasteiger partial charge is 0.484 e. The zero-order valence-corrected chi connectivity index (χ0v) is 17.6. The number of likely N-dealkylation sites (tertiary alicyclic amines) is 1. The minimum Gasteiger partial charge on any atom is -0.484 e. The second-order valence-corrected chi connectivity index (χ2v) is 8.08. The monoisotopic (exact) mass is 491 g/mol. The third kappa shape index (κ3) is 5.69. The zero-order valence-electron chi connectivity index (χ0n) is 17.6. The molecule has 7 nitrogen and oxygen atoms in total. The highest BCUT2D eigenvalue weighted by Crippen LogP contribution is 2.38. The molecular formula is C21H19F6N3O4. The van der Waals surface area contributed by atoms with Crippen LogP contribution >= 0.6 is 0 Å². The number of aryl methyl sites for hydroxylation is 2. The lowest BCUT2D eigenvalue weighted by molar-refractivity contribution is -0.274. The van der Waals surface area contributed by atoms with Crippen LogP contribution in [0.4, 0.5) is 26.3 Å². The van der Waals surface area contributed by atoms with Gasteiger partial charge in [0.05, 0.1) is 24.3 Å². The van der Waals surface area contributed by atoms with Crippen molar-refractivity contribution in [3.8, 4) is 11.5 Å². The molecule has 0 unspecified atom stereocenters. The van der Waals surface area contributed by atoms with Gasteiger partial charge >= 0.3 is 12.5 Å². The SMILES string of the molecule is O=C(c1cnc(CCc2cc(OCC(F)(F)F)cc(OC(F)(F)F)c2)nc1)N1CCC12COC2. The van der Waals surface area contributed by atoms with Gasteiger partial charge < -0.3 is 19.1 Å². The molecule has 0 atom stereocenters. The van der Waals surface area contributed by atoms with E-state index in [2.05, 4.69) is 19.4 Å². The fourth-order valence-corrected chi connectivity index (χ4v) is 3.72. The van der Waals surface area contributed by atoms with Gasteiger partial charge in [-0.15, -0.1) is 13.2 Å². The Kier molecular flexibility index (Phi) is 6.32. The maximum atomic E-state index is 12.6. The molecule has 2 aliphatic heterocycles. The van der Waals surface area contributed by atoms with Crippen molar-refractivity contribution >= 4 is 5.91 Å². The molecule has 4 rings (SSSR count). The van der Waals surface area contributed by atoms with Crippen LogP contribution in [-0.4, -0.2) is 65.2 Å². The van der Waals surface area contributed by atoms with E-state index in [9.17, 15) is 31.1 Å². The lowest BCUT2D eigenvalue weighted by Crippen LogP contribution is -2.72. The molecule has 34 heavy (non-hydrogen) atoms. The predicted molar refractivity (Wildman–Crippen MR) is 103 cm³/mol. The van der Waals surface area contributed by atoms with Gasteiger partial charge in [-0.25, -0.2) is 9.97 Å². The summed E-state index contributed by atoms with van der Waals surface area (Å²) in [5.74, 6) is -1.02. The minimum atomic E-state index is -5.02. The Labute approximate surface area is 189 Å². The van der Waals surface area contributed by atoms with Gasteiger partial charge in [-0.3, -0.25) is 4.79 Å². The number of amides is 1. The van der Waals surface area contributed by atoms with Crippen molar-refractivity contribution in [3.63, 3.8) is 0 Å². The zero-order chi connectivity index (χ0) is 24.6. The summed E-state index contributed by atoms with van der Waals surface area (Å²) >= 11 is 0. The Hall–Kier alpha value is -3.09. The van der Waals surface area contributed by atoms with Crippen LogP contribution < -0.4 is 9.47 Å². The molecule has 2 aromatic rings. The van der Waals surface area contributed by atoms with Gasteiger partial charge in [0, 0.05) is 31.4 Å². The van der Waals surface area contributed by atoms with Gasteiger partial charge in [0.2, 0.25) is 0 Å². The van der Waals surface area contributed by atoms with Crippen LogP contribution in [0.2, 0.25) is 0 Å². The molecule has 2 fully saturated rings. The summed E-state index contributed by atoms with van der Waals surface area (Å²) in [5.41, 5.74) is 0.304. The number of nitrogens with zero attached hydrogens (tertiary/aromatic N) is 3. The van der Waals surface area contributed by atoms with Crippen molar-refractivity contribution in [2.75, 3.05) is 26.4 Å². The third-order valence-corrected chi connectivity index (χ3v) is 5.53. The van der Waals surface area contributed by atoms with E-state index in [0.717, 1.165) is 18.6 Å². The van der Waals surface area contributed by atoms with Crippen molar-refractivity contribution in [1.82, 2.24) is 14.9 Å². The molecule has 0 aliphatic carbocycles. The first-order valence-corrected chi connectivity index (χ1v) is 10.2. The quantitative estimate of drug-likeness (QED) is 0.550. The molecule has 1 amide bonds. The molecule has 2 aliphatic rings. The maximum absolute atomic E-state index is 12.6. The highest BCUT2D eigenvalue weighted by molar-refractivity contribution is 5.94. The van der Waals surface area contributed by atoms with Crippen LogP contribution in [0.1, 0.15) is 28.2 Å². The first kappa shape index (κ1) is 24.0. The fourth-order valence-electron chi connectivity index (χ4n) is 3.72. The summed E-state index contributed by atoms with van der Waals surface area (Å²) in [6, 6.07) is 2.97. The van der Waals surface area contributed by atoms with Gasteiger partial charge in [0.15, 0.2) is 6.61 Å². The molecule has 13 heteroatoms. The summed E-state index contributed by atoms with van der Waals surface area (Å²) < 4.78 is 88.7. The number of hydrogen-bond donors (Lipinski definition) is 0.